The zero-order chi connectivity index (χ0) is 30.5. The molecule has 0 saturated carbocycles. The van der Waals surface area contributed by atoms with E-state index < -0.39 is 52.7 Å². The van der Waals surface area contributed by atoms with Crippen molar-refractivity contribution in [2.45, 2.75) is 31.3 Å². The summed E-state index contributed by atoms with van der Waals surface area (Å²) in [5.41, 5.74) is -2.54. The van der Waals surface area contributed by atoms with Crippen molar-refractivity contribution in [1.29, 1.82) is 0 Å². The van der Waals surface area contributed by atoms with E-state index >= 15 is 0 Å². The fourth-order valence-electron chi connectivity index (χ4n) is 5.74. The molecule has 1 aliphatic heterocycles. The van der Waals surface area contributed by atoms with Crippen LogP contribution in [0.5, 0.6) is 23.0 Å². The van der Waals surface area contributed by atoms with Crippen LogP contribution in [0.15, 0.2) is 46.5 Å². The van der Waals surface area contributed by atoms with Crippen molar-refractivity contribution < 1.29 is 43.2 Å². The molecule has 0 fully saturated rings. The molecule has 0 saturated heterocycles. The summed E-state index contributed by atoms with van der Waals surface area (Å²) in [6, 6.07) is 7.93. The maximum absolute atomic E-state index is 14.1. The van der Waals surface area contributed by atoms with E-state index in [0.717, 1.165) is 7.11 Å². The topological polar surface area (TPSA) is 150 Å². The largest absolute Gasteiger partial charge is 0.507 e. The van der Waals surface area contributed by atoms with E-state index in [-0.39, 0.29) is 45.4 Å². The molecule has 12 heteroatoms. The minimum absolute atomic E-state index is 0.000924. The number of carbonyl (C=O) groups is 3. The Balaban J connectivity index is 1.76. The van der Waals surface area contributed by atoms with Crippen molar-refractivity contribution in [3.05, 3.63) is 68.2 Å². The summed E-state index contributed by atoms with van der Waals surface area (Å²) in [5.74, 6) is -4.18. The van der Waals surface area contributed by atoms with Crippen molar-refractivity contribution in [3.63, 3.8) is 0 Å². The molecule has 0 amide bonds. The molecule has 11 nitrogen and oxygen atoms in total. The Kier molecular flexibility index (Phi) is 7.40. The average molecular weight is 598 g/mol. The van der Waals surface area contributed by atoms with Gasteiger partial charge in [0, 0.05) is 46.4 Å². The SMILES string of the molecule is COC(=O)C[C@H](C1=C(O)[C@@]2(Oc3c(Cl)c(OC)cc(OC)c3C2=O)[C@H](C)CC1=O)c1cc2cc(OC)ccc2[nH]c1=O. The van der Waals surface area contributed by atoms with Crippen molar-refractivity contribution in [2.24, 2.45) is 5.92 Å². The Hall–Kier alpha value is -4.51. The van der Waals surface area contributed by atoms with E-state index in [1.807, 2.05) is 0 Å². The molecule has 1 aliphatic carbocycles. The molecule has 42 heavy (non-hydrogen) atoms. The second-order valence-electron chi connectivity index (χ2n) is 10.1. The smallest absolute Gasteiger partial charge is 0.306 e. The van der Waals surface area contributed by atoms with Gasteiger partial charge in [0.1, 0.15) is 27.8 Å². The van der Waals surface area contributed by atoms with Gasteiger partial charge in [-0.05, 0) is 24.3 Å². The molecule has 2 aliphatic rings. The fourth-order valence-corrected chi connectivity index (χ4v) is 6.01. The van der Waals surface area contributed by atoms with Gasteiger partial charge in [-0.3, -0.25) is 19.2 Å². The average Bonchev–Trinajstić information content (AvgIpc) is 3.29. The minimum Gasteiger partial charge on any atom is -0.507 e. The number of methoxy groups -OCH3 is 4. The number of pyridine rings is 1. The molecule has 3 aromatic rings. The van der Waals surface area contributed by atoms with Gasteiger partial charge in [-0.1, -0.05) is 18.5 Å². The Labute approximate surface area is 244 Å². The number of nitrogens with one attached hydrogen (secondary N) is 1. The molecule has 2 N–H and O–H groups in total. The van der Waals surface area contributed by atoms with Crippen LogP contribution in [0.1, 0.15) is 41.6 Å². The number of ether oxygens (including phenoxy) is 5. The molecule has 1 aromatic heterocycles. The summed E-state index contributed by atoms with van der Waals surface area (Å²) in [6.45, 7) is 1.58. The number of aliphatic hydroxyl groups excluding tert-OH is 1. The van der Waals surface area contributed by atoms with Gasteiger partial charge in [0.2, 0.25) is 11.4 Å². The summed E-state index contributed by atoms with van der Waals surface area (Å²) >= 11 is 6.52. The van der Waals surface area contributed by atoms with Gasteiger partial charge in [0.15, 0.2) is 17.3 Å². The van der Waals surface area contributed by atoms with Crippen LogP contribution in [0, 0.1) is 5.92 Å². The van der Waals surface area contributed by atoms with Crippen molar-refractivity contribution >= 4 is 40.0 Å². The van der Waals surface area contributed by atoms with Crippen LogP contribution in [0.3, 0.4) is 0 Å². The lowest BCUT2D eigenvalue weighted by molar-refractivity contribution is -0.140. The zero-order valence-corrected chi connectivity index (χ0v) is 24.2. The molecule has 3 atom stereocenters. The van der Waals surface area contributed by atoms with E-state index in [0.29, 0.717) is 16.7 Å². The molecule has 2 heterocycles. The van der Waals surface area contributed by atoms with Crippen LogP contribution in [0.4, 0.5) is 0 Å². The predicted octanol–water partition coefficient (Wildman–Crippen LogP) is 4.29. The normalized spacial score (nSPS) is 20.4. The van der Waals surface area contributed by atoms with E-state index in [1.54, 1.807) is 25.1 Å². The molecule has 0 bridgehead atoms. The Morgan fingerprint density at radius 1 is 1.10 bits per heavy atom. The summed E-state index contributed by atoms with van der Waals surface area (Å²) < 4.78 is 27.1. The lowest BCUT2D eigenvalue weighted by atomic mass is 9.69. The summed E-state index contributed by atoms with van der Waals surface area (Å²) in [6.07, 6.45) is -0.725. The van der Waals surface area contributed by atoms with Crippen LogP contribution in [-0.2, 0) is 14.3 Å². The highest BCUT2D eigenvalue weighted by Crippen LogP contribution is 2.55. The van der Waals surface area contributed by atoms with Crippen LogP contribution < -0.4 is 24.5 Å². The standard InChI is InChI=1S/C30H28ClNO10/c1-13-8-19(33)23(27(35)30(13)28(36)24-20(39-3)12-21(40-4)25(31)26(24)42-30)16(11-22(34)41-5)17-10-14-9-15(38-2)6-7-18(14)32-29(17)37/h6-7,9-10,12-13,16,35H,8,11H2,1-5H3,(H,32,37)/t13-,16+,30+/m1/s1. The summed E-state index contributed by atoms with van der Waals surface area (Å²) in [5, 5.41) is 12.4. The lowest BCUT2D eigenvalue weighted by Gasteiger charge is -2.38. The maximum atomic E-state index is 14.1. The number of rotatable bonds is 7. The number of aromatic amines is 1. The highest BCUT2D eigenvalue weighted by molar-refractivity contribution is 6.35. The summed E-state index contributed by atoms with van der Waals surface area (Å²) in [4.78, 5) is 56.5. The van der Waals surface area contributed by atoms with Crippen LogP contribution in [-0.4, -0.2) is 61.7 Å². The lowest BCUT2D eigenvalue weighted by Crippen LogP contribution is -2.53. The molecule has 5 rings (SSSR count). The second-order valence-corrected chi connectivity index (χ2v) is 10.5. The maximum Gasteiger partial charge on any atom is 0.306 e. The molecule has 2 aromatic carbocycles. The van der Waals surface area contributed by atoms with E-state index in [1.165, 1.54) is 33.5 Å². The number of aliphatic hydroxyl groups is 1. The van der Waals surface area contributed by atoms with Crippen molar-refractivity contribution in [2.75, 3.05) is 28.4 Å². The number of ketones is 2. The zero-order valence-electron chi connectivity index (χ0n) is 23.5. The minimum atomic E-state index is -2.09. The number of carbonyl (C=O) groups excluding carboxylic acids is 3. The monoisotopic (exact) mass is 597 g/mol. The van der Waals surface area contributed by atoms with Gasteiger partial charge in [-0.2, -0.15) is 0 Å². The number of aromatic nitrogens is 1. The second kappa shape index (κ2) is 10.7. The predicted molar refractivity (Wildman–Crippen MR) is 151 cm³/mol. The molecular weight excluding hydrogens is 570 g/mol. The third-order valence-corrected chi connectivity index (χ3v) is 8.27. The van der Waals surface area contributed by atoms with E-state index in [2.05, 4.69) is 4.98 Å². The van der Waals surface area contributed by atoms with E-state index in [4.69, 9.17) is 35.3 Å². The third kappa shape index (κ3) is 4.27. The highest BCUT2D eigenvalue weighted by Gasteiger charge is 2.61. The third-order valence-electron chi connectivity index (χ3n) is 7.91. The van der Waals surface area contributed by atoms with Gasteiger partial charge in [0.05, 0.1) is 34.9 Å². The summed E-state index contributed by atoms with van der Waals surface area (Å²) in [7, 11) is 5.39. The molecule has 0 radical (unpaired) electrons. The number of H-pyrrole nitrogens is 1. The highest BCUT2D eigenvalue weighted by atomic mass is 35.5. The van der Waals surface area contributed by atoms with Crippen LogP contribution in [0.2, 0.25) is 5.02 Å². The molecule has 1 spiro atoms. The number of esters is 1. The first-order valence-corrected chi connectivity index (χ1v) is 13.3. The molecule has 220 valence electrons. The van der Waals surface area contributed by atoms with Gasteiger partial charge < -0.3 is 33.8 Å². The Morgan fingerprint density at radius 2 is 1.81 bits per heavy atom. The first-order chi connectivity index (χ1) is 20.0. The van der Waals surface area contributed by atoms with E-state index in [9.17, 15) is 24.3 Å². The fraction of sp³-hybridized carbons (Fsp3) is 0.333. The van der Waals surface area contributed by atoms with Crippen LogP contribution in [0.25, 0.3) is 10.9 Å². The number of hydrogen-bond acceptors (Lipinski definition) is 10. The molecule has 0 unspecified atom stereocenters. The number of hydrogen-bond donors (Lipinski definition) is 2. The number of benzene rings is 2. The number of Topliss-reactive ketones (excluding diaryl/α,β-unsaturated/α-hetero) is 2. The number of allylic oxidation sites excluding steroid dienone is 1. The van der Waals surface area contributed by atoms with Gasteiger partial charge >= 0.3 is 5.97 Å². The first-order valence-electron chi connectivity index (χ1n) is 12.9. The quantitative estimate of drug-likeness (QED) is 0.377. The Morgan fingerprint density at radius 3 is 2.45 bits per heavy atom. The Bertz CT molecular complexity index is 1740. The number of fused-ring (bicyclic) bond motifs is 2. The van der Waals surface area contributed by atoms with Gasteiger partial charge in [0.25, 0.3) is 5.56 Å². The van der Waals surface area contributed by atoms with Crippen LogP contribution >= 0.6 is 11.6 Å². The van der Waals surface area contributed by atoms with Gasteiger partial charge in [-0.25, -0.2) is 0 Å². The van der Waals surface area contributed by atoms with Crippen molar-refractivity contribution in [3.8, 4) is 23.0 Å². The van der Waals surface area contributed by atoms with Gasteiger partial charge in [-0.15, -0.1) is 0 Å². The van der Waals surface area contributed by atoms with Crippen molar-refractivity contribution in [1.82, 2.24) is 4.98 Å². The number of halogens is 1. The molecular formula is C30H28ClNO10. The first kappa shape index (κ1) is 29.0.